The quantitative estimate of drug-likeness (QED) is 0.570. The molecule has 166 valence electrons. The molecule has 1 atom stereocenters. The zero-order valence-electron chi connectivity index (χ0n) is 17.4. The highest BCUT2D eigenvalue weighted by Gasteiger charge is 2.47. The zero-order chi connectivity index (χ0) is 21.8. The van der Waals surface area contributed by atoms with E-state index in [-0.39, 0.29) is 11.5 Å². The summed E-state index contributed by atoms with van der Waals surface area (Å²) in [5.41, 5.74) is 0.954. The highest BCUT2D eigenvalue weighted by atomic mass is 79.9. The van der Waals surface area contributed by atoms with Crippen LogP contribution < -0.4 is 5.32 Å². The van der Waals surface area contributed by atoms with Crippen LogP contribution in [0.15, 0.2) is 46.3 Å². The average molecular weight is 506 g/mol. The van der Waals surface area contributed by atoms with Crippen molar-refractivity contribution in [1.82, 2.24) is 15.1 Å². The number of carbonyl (C=O) groups is 2. The standard InChI is InChI=1S/C23H28BrN3O3S/c24-18-5-3-17(4-6-18)16-27-14-10-23(21(27)28)8-12-26(13-9-23)11-7-19(25-22(29)30)20-2-1-15-31-20/h1-6,15,19,25H,7-14,16H2,(H,29,30). The number of hydrogen-bond acceptors (Lipinski definition) is 4. The van der Waals surface area contributed by atoms with Gasteiger partial charge in [0.25, 0.3) is 0 Å². The first kappa shape index (κ1) is 22.3. The van der Waals surface area contributed by atoms with E-state index < -0.39 is 6.09 Å². The van der Waals surface area contributed by atoms with Gasteiger partial charge in [0, 0.05) is 29.0 Å². The number of carboxylic acid groups (broad SMARTS) is 1. The molecule has 2 aliphatic rings. The van der Waals surface area contributed by atoms with E-state index in [2.05, 4.69) is 38.3 Å². The predicted octanol–water partition coefficient (Wildman–Crippen LogP) is 4.72. The SMILES string of the molecule is O=C(O)NC(CCN1CCC2(CC1)CCN(Cc1ccc(Br)cc1)C2=O)c1cccs1. The molecule has 2 aromatic rings. The smallest absolute Gasteiger partial charge is 0.405 e. The first-order valence-electron chi connectivity index (χ1n) is 10.7. The van der Waals surface area contributed by atoms with Crippen molar-refractivity contribution in [1.29, 1.82) is 0 Å². The van der Waals surface area contributed by atoms with E-state index in [0.29, 0.717) is 12.5 Å². The van der Waals surface area contributed by atoms with E-state index in [1.165, 1.54) is 0 Å². The molecule has 1 aromatic heterocycles. The second kappa shape index (κ2) is 9.71. The Morgan fingerprint density at radius 1 is 1.16 bits per heavy atom. The van der Waals surface area contributed by atoms with Gasteiger partial charge in [-0.2, -0.15) is 0 Å². The largest absolute Gasteiger partial charge is 0.465 e. The van der Waals surface area contributed by atoms with Crippen LogP contribution in [0.4, 0.5) is 4.79 Å². The van der Waals surface area contributed by atoms with E-state index in [9.17, 15) is 9.59 Å². The van der Waals surface area contributed by atoms with Gasteiger partial charge in [-0.25, -0.2) is 4.79 Å². The molecule has 2 aliphatic heterocycles. The fourth-order valence-electron chi connectivity index (χ4n) is 4.76. The Morgan fingerprint density at radius 3 is 2.52 bits per heavy atom. The number of amides is 2. The molecule has 8 heteroatoms. The second-order valence-electron chi connectivity index (χ2n) is 8.53. The minimum absolute atomic E-state index is 0.178. The van der Waals surface area contributed by atoms with Crippen molar-refractivity contribution in [3.05, 3.63) is 56.7 Å². The monoisotopic (exact) mass is 505 g/mol. The Hall–Kier alpha value is -1.90. The topological polar surface area (TPSA) is 72.9 Å². The summed E-state index contributed by atoms with van der Waals surface area (Å²) in [5.74, 6) is 0.305. The van der Waals surface area contributed by atoms with Crippen molar-refractivity contribution in [3.63, 3.8) is 0 Å². The summed E-state index contributed by atoms with van der Waals surface area (Å²) in [6.07, 6.45) is 2.47. The molecule has 0 aliphatic carbocycles. The van der Waals surface area contributed by atoms with Crippen molar-refractivity contribution in [2.24, 2.45) is 5.41 Å². The van der Waals surface area contributed by atoms with Crippen LogP contribution in [0, 0.1) is 5.41 Å². The molecule has 4 rings (SSSR count). The van der Waals surface area contributed by atoms with E-state index in [0.717, 1.165) is 66.8 Å². The lowest BCUT2D eigenvalue weighted by molar-refractivity contribution is -0.138. The van der Waals surface area contributed by atoms with Crippen LogP contribution in [0.5, 0.6) is 0 Å². The zero-order valence-corrected chi connectivity index (χ0v) is 19.8. The lowest BCUT2D eigenvalue weighted by Crippen LogP contribution is -2.45. The fourth-order valence-corrected chi connectivity index (χ4v) is 5.84. The van der Waals surface area contributed by atoms with Crippen LogP contribution >= 0.6 is 27.3 Å². The predicted molar refractivity (Wildman–Crippen MR) is 125 cm³/mol. The van der Waals surface area contributed by atoms with Crippen molar-refractivity contribution >= 4 is 39.3 Å². The molecule has 2 N–H and O–H groups in total. The van der Waals surface area contributed by atoms with Crippen LogP contribution in [-0.4, -0.2) is 53.1 Å². The van der Waals surface area contributed by atoms with Crippen molar-refractivity contribution in [3.8, 4) is 0 Å². The number of likely N-dealkylation sites (tertiary alicyclic amines) is 2. The molecular weight excluding hydrogens is 478 g/mol. The molecule has 0 radical (unpaired) electrons. The number of nitrogens with one attached hydrogen (secondary N) is 1. The van der Waals surface area contributed by atoms with Gasteiger partial charge in [0.2, 0.25) is 5.91 Å². The maximum absolute atomic E-state index is 13.2. The summed E-state index contributed by atoms with van der Waals surface area (Å²) in [6, 6.07) is 11.9. The van der Waals surface area contributed by atoms with Crippen molar-refractivity contribution < 1.29 is 14.7 Å². The van der Waals surface area contributed by atoms with Gasteiger partial charge in [-0.1, -0.05) is 34.1 Å². The second-order valence-corrected chi connectivity index (χ2v) is 10.4. The summed E-state index contributed by atoms with van der Waals surface area (Å²) in [5, 5.41) is 13.8. The number of thiophene rings is 1. The Bertz CT molecular complexity index is 895. The number of hydrogen-bond donors (Lipinski definition) is 2. The van der Waals surface area contributed by atoms with Crippen LogP contribution in [0.25, 0.3) is 0 Å². The van der Waals surface area contributed by atoms with E-state index in [1.807, 2.05) is 34.5 Å². The molecule has 2 saturated heterocycles. The van der Waals surface area contributed by atoms with E-state index in [4.69, 9.17) is 5.11 Å². The van der Waals surface area contributed by atoms with Gasteiger partial charge < -0.3 is 20.2 Å². The first-order chi connectivity index (χ1) is 14.9. The number of rotatable bonds is 7. The van der Waals surface area contributed by atoms with Gasteiger partial charge in [-0.15, -0.1) is 11.3 Å². The Kier molecular flexibility index (Phi) is 6.99. The van der Waals surface area contributed by atoms with Gasteiger partial charge in [-0.05, 0) is 67.9 Å². The summed E-state index contributed by atoms with van der Waals surface area (Å²) in [6.45, 7) is 4.12. The summed E-state index contributed by atoms with van der Waals surface area (Å²) < 4.78 is 1.05. The lowest BCUT2D eigenvalue weighted by Gasteiger charge is -2.38. The molecule has 31 heavy (non-hydrogen) atoms. The Labute approximate surface area is 195 Å². The number of nitrogens with zero attached hydrogens (tertiary/aromatic N) is 2. The van der Waals surface area contributed by atoms with E-state index >= 15 is 0 Å². The minimum Gasteiger partial charge on any atom is -0.465 e. The molecule has 0 saturated carbocycles. The molecule has 3 heterocycles. The highest BCUT2D eigenvalue weighted by molar-refractivity contribution is 9.10. The molecule has 0 bridgehead atoms. The molecule has 1 spiro atoms. The lowest BCUT2D eigenvalue weighted by atomic mass is 9.77. The van der Waals surface area contributed by atoms with Gasteiger partial charge in [0.15, 0.2) is 0 Å². The third kappa shape index (κ3) is 5.30. The molecule has 2 fully saturated rings. The van der Waals surface area contributed by atoms with Crippen LogP contribution in [0.2, 0.25) is 0 Å². The van der Waals surface area contributed by atoms with Crippen LogP contribution in [-0.2, 0) is 11.3 Å². The fraction of sp³-hybridized carbons (Fsp3) is 0.478. The highest BCUT2D eigenvalue weighted by Crippen LogP contribution is 2.42. The van der Waals surface area contributed by atoms with Gasteiger partial charge in [-0.3, -0.25) is 4.79 Å². The van der Waals surface area contributed by atoms with Gasteiger partial charge >= 0.3 is 6.09 Å². The third-order valence-electron chi connectivity index (χ3n) is 6.62. The van der Waals surface area contributed by atoms with Gasteiger partial charge in [0.05, 0.1) is 11.5 Å². The summed E-state index contributed by atoms with van der Waals surface area (Å²) >= 11 is 5.04. The number of piperidine rings is 1. The number of benzene rings is 1. The molecule has 1 aromatic carbocycles. The summed E-state index contributed by atoms with van der Waals surface area (Å²) in [4.78, 5) is 29.8. The van der Waals surface area contributed by atoms with Crippen LogP contribution in [0.3, 0.4) is 0 Å². The normalized spacial score (nSPS) is 19.6. The van der Waals surface area contributed by atoms with Crippen molar-refractivity contribution in [2.75, 3.05) is 26.2 Å². The Morgan fingerprint density at radius 2 is 1.87 bits per heavy atom. The van der Waals surface area contributed by atoms with Gasteiger partial charge in [0.1, 0.15) is 0 Å². The number of halogens is 1. The molecular formula is C23H28BrN3O3S. The maximum atomic E-state index is 13.2. The Balaban J connectivity index is 1.29. The van der Waals surface area contributed by atoms with Crippen molar-refractivity contribution in [2.45, 2.75) is 38.3 Å². The minimum atomic E-state index is -0.988. The molecule has 2 amide bonds. The molecule has 1 unspecified atom stereocenters. The summed E-state index contributed by atoms with van der Waals surface area (Å²) in [7, 11) is 0. The third-order valence-corrected chi connectivity index (χ3v) is 8.13. The maximum Gasteiger partial charge on any atom is 0.405 e. The molecule has 6 nitrogen and oxygen atoms in total. The first-order valence-corrected chi connectivity index (χ1v) is 12.4. The van der Waals surface area contributed by atoms with Crippen LogP contribution in [0.1, 0.15) is 42.2 Å². The van der Waals surface area contributed by atoms with E-state index in [1.54, 1.807) is 11.3 Å². The average Bonchev–Trinajstić information content (AvgIpc) is 3.39. The number of carbonyl (C=O) groups excluding carboxylic acids is 1.